The van der Waals surface area contributed by atoms with Gasteiger partial charge in [0.25, 0.3) is 10.4 Å². The molecule has 0 spiro atoms. The van der Waals surface area contributed by atoms with Gasteiger partial charge in [0.1, 0.15) is 0 Å². The van der Waals surface area contributed by atoms with Gasteiger partial charge < -0.3 is 18.6 Å². The van der Waals surface area contributed by atoms with Crippen LogP contribution in [-0.4, -0.2) is 18.9 Å². The Morgan fingerprint density at radius 2 is 1.69 bits per heavy atom. The van der Waals surface area contributed by atoms with Crippen LogP contribution in [0.2, 0.25) is 0 Å². The van der Waals surface area contributed by atoms with Gasteiger partial charge in [-0.25, -0.2) is 8.42 Å². The minimum Gasteiger partial charge on any atom is -0.716 e. The first-order valence-electron chi connectivity index (χ1n) is 3.36. The summed E-state index contributed by atoms with van der Waals surface area (Å²) in [5.74, 6) is -2.17. The topological polar surface area (TPSA) is 107 Å². The average Bonchev–Trinajstić information content (AvgIpc) is 2.01. The molecule has 0 heterocycles. The molecule has 0 aliphatic carbocycles. The summed E-state index contributed by atoms with van der Waals surface area (Å²) in [7, 11) is -4.97. The fourth-order valence-corrected chi connectivity index (χ4v) is 1.18. The number of carbonyl (C=O) groups excluding carboxylic acids is 1. The standard InChI is InChI=1S/C7H6O6S.2Na/c8-7(9)5-3-1-2-4-6(5)13-14(10,11)12;;/h1-4H,(H,8,9)(H,10,11,12);;/q;2*+1/p-2. The van der Waals surface area contributed by atoms with E-state index in [-0.39, 0.29) is 59.1 Å². The van der Waals surface area contributed by atoms with Crippen LogP contribution in [0.25, 0.3) is 0 Å². The van der Waals surface area contributed by atoms with E-state index < -0.39 is 27.7 Å². The quantitative estimate of drug-likeness (QED) is 0.304. The summed E-state index contributed by atoms with van der Waals surface area (Å²) < 4.78 is 34.4. The predicted molar refractivity (Wildman–Crippen MR) is 41.1 cm³/mol. The summed E-state index contributed by atoms with van der Waals surface area (Å²) in [6.45, 7) is 0. The number of para-hydroxylation sites is 1. The molecule has 1 aromatic carbocycles. The van der Waals surface area contributed by atoms with Gasteiger partial charge in [0.05, 0.1) is 5.97 Å². The maximum atomic E-state index is 10.4. The van der Waals surface area contributed by atoms with Crippen molar-refractivity contribution in [1.82, 2.24) is 0 Å². The molecule has 0 bridgehead atoms. The Kier molecular flexibility index (Phi) is 9.00. The maximum absolute atomic E-state index is 10.4. The monoisotopic (exact) mass is 262 g/mol. The van der Waals surface area contributed by atoms with Gasteiger partial charge in [-0.1, -0.05) is 12.1 Å². The van der Waals surface area contributed by atoms with E-state index in [0.717, 1.165) is 12.1 Å². The smallest absolute Gasteiger partial charge is 0.716 e. The first-order chi connectivity index (χ1) is 6.40. The van der Waals surface area contributed by atoms with E-state index in [0.29, 0.717) is 0 Å². The first kappa shape index (κ1) is 18.8. The first-order valence-corrected chi connectivity index (χ1v) is 4.69. The number of hydrogen-bond acceptors (Lipinski definition) is 6. The van der Waals surface area contributed by atoms with Crippen LogP contribution in [0.15, 0.2) is 24.3 Å². The molecule has 0 fully saturated rings. The van der Waals surface area contributed by atoms with Crippen LogP contribution in [0.1, 0.15) is 10.4 Å². The zero-order valence-electron chi connectivity index (χ0n) is 8.67. The van der Waals surface area contributed by atoms with Gasteiger partial charge in [-0.3, -0.25) is 0 Å². The molecule has 9 heteroatoms. The number of hydrogen-bond donors (Lipinski definition) is 0. The number of carboxylic acid groups (broad SMARTS) is 1. The summed E-state index contributed by atoms with van der Waals surface area (Å²) >= 11 is 0. The largest absolute Gasteiger partial charge is 1.00 e. The number of carboxylic acids is 1. The van der Waals surface area contributed by atoms with Crippen molar-refractivity contribution >= 4 is 16.4 Å². The summed E-state index contributed by atoms with van der Waals surface area (Å²) in [6.07, 6.45) is 0. The molecule has 1 aromatic rings. The Morgan fingerprint density at radius 3 is 2.12 bits per heavy atom. The molecule has 0 unspecified atom stereocenters. The molecule has 0 aliphatic rings. The van der Waals surface area contributed by atoms with Crippen molar-refractivity contribution in [3.8, 4) is 5.75 Å². The summed E-state index contributed by atoms with van der Waals surface area (Å²) in [5.41, 5.74) is -0.494. The Bertz CT molecular complexity index is 458. The van der Waals surface area contributed by atoms with Crippen LogP contribution in [0, 0.1) is 0 Å². The second-order valence-corrected chi connectivity index (χ2v) is 3.26. The predicted octanol–water partition coefficient (Wildman–Crippen LogP) is -7.10. The third-order valence-corrected chi connectivity index (χ3v) is 1.68. The molecule has 6 nitrogen and oxygen atoms in total. The second kappa shape index (κ2) is 7.67. The van der Waals surface area contributed by atoms with Gasteiger partial charge in [-0.15, -0.1) is 0 Å². The van der Waals surface area contributed by atoms with Crippen molar-refractivity contribution in [2.45, 2.75) is 0 Å². The van der Waals surface area contributed by atoms with Gasteiger partial charge in [0.15, 0.2) is 5.75 Å². The molecule has 0 saturated heterocycles. The van der Waals surface area contributed by atoms with Crippen LogP contribution in [0.5, 0.6) is 5.75 Å². The minimum absolute atomic E-state index is 0. The Hall–Kier alpha value is 0.400. The SMILES string of the molecule is O=C([O-])c1ccccc1OS(=O)(=O)[O-].[Na+].[Na+]. The number of aromatic carboxylic acids is 1. The molecule has 0 radical (unpaired) electrons. The molecular formula is C7H4Na2O6S. The fraction of sp³-hybridized carbons (Fsp3) is 0. The van der Waals surface area contributed by atoms with E-state index in [1.54, 1.807) is 0 Å². The molecule has 0 amide bonds. The van der Waals surface area contributed by atoms with E-state index in [1.165, 1.54) is 12.1 Å². The third-order valence-electron chi connectivity index (χ3n) is 1.30. The Morgan fingerprint density at radius 1 is 1.19 bits per heavy atom. The van der Waals surface area contributed by atoms with Crippen molar-refractivity contribution in [3.05, 3.63) is 29.8 Å². The minimum atomic E-state index is -4.97. The molecule has 16 heavy (non-hydrogen) atoms. The zero-order chi connectivity index (χ0) is 10.8. The molecule has 1 rings (SSSR count). The molecule has 0 atom stereocenters. The van der Waals surface area contributed by atoms with Gasteiger partial charge in [-0.05, 0) is 12.1 Å². The van der Waals surface area contributed by atoms with Crippen molar-refractivity contribution < 1.29 is 86.2 Å². The van der Waals surface area contributed by atoms with Crippen LogP contribution in [-0.2, 0) is 10.4 Å². The van der Waals surface area contributed by atoms with E-state index in [1.807, 2.05) is 0 Å². The van der Waals surface area contributed by atoms with E-state index in [9.17, 15) is 22.9 Å². The number of rotatable bonds is 3. The van der Waals surface area contributed by atoms with Crippen LogP contribution in [0.3, 0.4) is 0 Å². The number of benzene rings is 1. The van der Waals surface area contributed by atoms with Crippen molar-refractivity contribution in [2.24, 2.45) is 0 Å². The summed E-state index contributed by atoms with van der Waals surface area (Å²) in [6, 6.07) is 4.78. The molecule has 0 aliphatic heterocycles. The van der Waals surface area contributed by atoms with Gasteiger partial charge >= 0.3 is 59.1 Å². The zero-order valence-corrected chi connectivity index (χ0v) is 13.5. The van der Waals surface area contributed by atoms with Crippen molar-refractivity contribution in [3.63, 3.8) is 0 Å². The van der Waals surface area contributed by atoms with Crippen molar-refractivity contribution in [1.29, 1.82) is 0 Å². The van der Waals surface area contributed by atoms with Gasteiger partial charge in [-0.2, -0.15) is 0 Å². The molecule has 0 saturated carbocycles. The van der Waals surface area contributed by atoms with E-state index in [4.69, 9.17) is 0 Å². The van der Waals surface area contributed by atoms with Crippen LogP contribution in [0.4, 0.5) is 0 Å². The summed E-state index contributed by atoms with van der Waals surface area (Å²) in [5, 5.41) is 10.4. The van der Waals surface area contributed by atoms with E-state index in [2.05, 4.69) is 4.18 Å². The van der Waals surface area contributed by atoms with E-state index >= 15 is 0 Å². The molecule has 76 valence electrons. The number of carbonyl (C=O) groups is 1. The molecular weight excluding hydrogens is 258 g/mol. The van der Waals surface area contributed by atoms with Crippen LogP contribution >= 0.6 is 0 Å². The molecule has 0 aromatic heterocycles. The third kappa shape index (κ3) is 6.21. The summed E-state index contributed by atoms with van der Waals surface area (Å²) in [4.78, 5) is 10.4. The molecule has 0 N–H and O–H groups in total. The van der Waals surface area contributed by atoms with Gasteiger partial charge in [0.2, 0.25) is 0 Å². The Labute approximate surface area is 137 Å². The normalized spacial score (nSPS) is 9.56. The fourth-order valence-electron chi connectivity index (χ4n) is 0.818. The van der Waals surface area contributed by atoms with Crippen molar-refractivity contribution in [2.75, 3.05) is 0 Å². The average molecular weight is 262 g/mol. The Balaban J connectivity index is 0. The van der Waals surface area contributed by atoms with Gasteiger partial charge in [0, 0.05) is 5.56 Å². The van der Waals surface area contributed by atoms with Crippen LogP contribution < -0.4 is 68.4 Å². The second-order valence-electron chi connectivity index (χ2n) is 2.28. The maximum Gasteiger partial charge on any atom is 1.00 e.